The Kier molecular flexibility index (Phi) is 5.57. The number of hydrogen-bond donors (Lipinski definition) is 1. The van der Waals surface area contributed by atoms with E-state index in [0.29, 0.717) is 11.9 Å². The number of rotatable bonds is 5. The molecule has 1 N–H and O–H groups in total. The van der Waals surface area contributed by atoms with E-state index in [2.05, 4.69) is 10.1 Å². The van der Waals surface area contributed by atoms with Crippen molar-refractivity contribution >= 4 is 11.9 Å². The highest BCUT2D eigenvalue weighted by Gasteiger charge is 2.31. The van der Waals surface area contributed by atoms with E-state index in [4.69, 9.17) is 5.11 Å². The lowest BCUT2D eigenvalue weighted by molar-refractivity contribution is -0.141. The number of carboxylic acids is 1. The lowest BCUT2D eigenvalue weighted by Crippen LogP contribution is -2.40. The summed E-state index contributed by atoms with van der Waals surface area (Å²) in [6.07, 6.45) is -2.54. The molecule has 1 amide bonds. The van der Waals surface area contributed by atoms with Crippen molar-refractivity contribution in [3.05, 3.63) is 41.3 Å². The third kappa shape index (κ3) is 4.09. The Morgan fingerprint density at radius 2 is 1.81 bits per heavy atom. The van der Waals surface area contributed by atoms with Gasteiger partial charge in [0.15, 0.2) is 5.82 Å². The number of halogens is 3. The molecule has 0 aliphatic rings. The van der Waals surface area contributed by atoms with Crippen molar-refractivity contribution in [1.29, 1.82) is 0 Å². The van der Waals surface area contributed by atoms with Crippen LogP contribution in [0.2, 0.25) is 0 Å². The summed E-state index contributed by atoms with van der Waals surface area (Å²) in [5.74, 6) is -1.80. The van der Waals surface area contributed by atoms with Crippen molar-refractivity contribution in [3.63, 3.8) is 0 Å². The van der Waals surface area contributed by atoms with Crippen LogP contribution in [0.25, 0.3) is 5.82 Å². The van der Waals surface area contributed by atoms with E-state index in [9.17, 15) is 22.8 Å². The summed E-state index contributed by atoms with van der Waals surface area (Å²) in [6.45, 7) is 4.95. The molecule has 0 aliphatic heterocycles. The highest BCUT2D eigenvalue weighted by Crippen LogP contribution is 2.29. The zero-order valence-electron chi connectivity index (χ0n) is 15.2. The third-order valence-corrected chi connectivity index (χ3v) is 4.13. The molecule has 0 bridgehead atoms. The van der Waals surface area contributed by atoms with Gasteiger partial charge in [0.25, 0.3) is 5.91 Å². The topological polar surface area (TPSA) is 88.3 Å². The lowest BCUT2D eigenvalue weighted by Gasteiger charge is -2.22. The van der Waals surface area contributed by atoms with Crippen LogP contribution < -0.4 is 0 Å². The summed E-state index contributed by atoms with van der Waals surface area (Å²) in [5.41, 5.74) is -0.296. The molecule has 2 aromatic heterocycles. The van der Waals surface area contributed by atoms with Gasteiger partial charge in [-0.15, -0.1) is 0 Å². The van der Waals surface area contributed by atoms with E-state index in [-0.39, 0.29) is 17.3 Å². The molecule has 0 spiro atoms. The van der Waals surface area contributed by atoms with Gasteiger partial charge in [0.2, 0.25) is 0 Å². The van der Waals surface area contributed by atoms with E-state index in [1.54, 1.807) is 13.8 Å². The van der Waals surface area contributed by atoms with E-state index in [1.807, 2.05) is 0 Å². The van der Waals surface area contributed by atoms with Gasteiger partial charge in [-0.3, -0.25) is 4.79 Å². The first-order chi connectivity index (χ1) is 12.4. The standard InChI is InChI=1S/C17H19F3N4O3/c1-9(2)14-12(15(25)23(4)10(3)16(26)27)8-22-24(14)13-6-5-11(7-21-13)17(18,19)20/h5-10H,1-4H3,(H,26,27). The summed E-state index contributed by atoms with van der Waals surface area (Å²) in [4.78, 5) is 28.7. The second-order valence-corrected chi connectivity index (χ2v) is 6.34. The van der Waals surface area contributed by atoms with Gasteiger partial charge in [-0.2, -0.15) is 18.3 Å². The Morgan fingerprint density at radius 3 is 2.26 bits per heavy atom. The van der Waals surface area contributed by atoms with E-state index in [1.165, 1.54) is 30.9 Å². The van der Waals surface area contributed by atoms with Crippen LogP contribution in [-0.2, 0) is 11.0 Å². The van der Waals surface area contributed by atoms with Gasteiger partial charge in [0, 0.05) is 13.2 Å². The number of amides is 1. The van der Waals surface area contributed by atoms with Gasteiger partial charge in [-0.25, -0.2) is 14.5 Å². The van der Waals surface area contributed by atoms with Gasteiger partial charge >= 0.3 is 12.1 Å². The number of hydrogen-bond acceptors (Lipinski definition) is 4. The molecule has 0 saturated carbocycles. The van der Waals surface area contributed by atoms with Crippen LogP contribution in [0.15, 0.2) is 24.5 Å². The molecule has 0 saturated heterocycles. The third-order valence-electron chi connectivity index (χ3n) is 4.13. The molecule has 10 heteroatoms. The summed E-state index contributed by atoms with van der Waals surface area (Å²) < 4.78 is 39.4. The predicted molar refractivity (Wildman–Crippen MR) is 89.6 cm³/mol. The smallest absolute Gasteiger partial charge is 0.417 e. The largest absolute Gasteiger partial charge is 0.480 e. The molecule has 2 aromatic rings. The number of carbonyl (C=O) groups is 2. The highest BCUT2D eigenvalue weighted by molar-refractivity contribution is 5.97. The molecule has 0 fully saturated rings. The van der Waals surface area contributed by atoms with Crippen LogP contribution >= 0.6 is 0 Å². The van der Waals surface area contributed by atoms with Gasteiger partial charge in [-0.1, -0.05) is 13.8 Å². The minimum atomic E-state index is -4.51. The number of pyridine rings is 1. The monoisotopic (exact) mass is 384 g/mol. The summed E-state index contributed by atoms with van der Waals surface area (Å²) in [5, 5.41) is 13.2. The average Bonchev–Trinajstić information content (AvgIpc) is 3.04. The maximum Gasteiger partial charge on any atom is 0.417 e. The molecule has 0 radical (unpaired) electrons. The molecule has 146 valence electrons. The number of aromatic nitrogens is 3. The van der Waals surface area contributed by atoms with Crippen molar-refractivity contribution in [2.24, 2.45) is 0 Å². The molecular weight excluding hydrogens is 365 g/mol. The van der Waals surface area contributed by atoms with Crippen molar-refractivity contribution in [1.82, 2.24) is 19.7 Å². The number of nitrogens with zero attached hydrogens (tertiary/aromatic N) is 4. The number of aliphatic carboxylic acids is 1. The zero-order valence-corrected chi connectivity index (χ0v) is 15.2. The second-order valence-electron chi connectivity index (χ2n) is 6.34. The first-order valence-electron chi connectivity index (χ1n) is 8.06. The van der Waals surface area contributed by atoms with Gasteiger partial charge in [-0.05, 0) is 25.0 Å². The first kappa shape index (κ1) is 20.4. The van der Waals surface area contributed by atoms with E-state index < -0.39 is 29.7 Å². The Labute approximate surface area is 153 Å². The van der Waals surface area contributed by atoms with Crippen LogP contribution in [0.4, 0.5) is 13.2 Å². The minimum absolute atomic E-state index is 0.125. The Balaban J connectivity index is 2.46. The molecule has 7 nitrogen and oxygen atoms in total. The summed E-state index contributed by atoms with van der Waals surface area (Å²) in [7, 11) is 1.36. The van der Waals surface area contributed by atoms with Gasteiger partial charge < -0.3 is 10.0 Å². The van der Waals surface area contributed by atoms with Crippen LogP contribution in [0, 0.1) is 0 Å². The molecular formula is C17H19F3N4O3. The van der Waals surface area contributed by atoms with Crippen molar-refractivity contribution in [3.8, 4) is 5.82 Å². The molecule has 2 rings (SSSR count). The van der Waals surface area contributed by atoms with Crippen molar-refractivity contribution in [2.45, 2.75) is 38.9 Å². The van der Waals surface area contributed by atoms with Crippen molar-refractivity contribution < 1.29 is 27.9 Å². The normalized spacial score (nSPS) is 12.9. The van der Waals surface area contributed by atoms with Gasteiger partial charge in [0.1, 0.15) is 6.04 Å². The minimum Gasteiger partial charge on any atom is -0.480 e. The number of carbonyl (C=O) groups excluding carboxylic acids is 1. The molecule has 0 aliphatic carbocycles. The second kappa shape index (κ2) is 7.37. The summed E-state index contributed by atoms with van der Waals surface area (Å²) in [6, 6.07) is 0.999. The summed E-state index contributed by atoms with van der Waals surface area (Å²) >= 11 is 0. The lowest BCUT2D eigenvalue weighted by atomic mass is 10.0. The molecule has 1 atom stereocenters. The molecule has 27 heavy (non-hydrogen) atoms. The van der Waals surface area contributed by atoms with Crippen LogP contribution in [-0.4, -0.2) is 49.7 Å². The number of carboxylic acid groups (broad SMARTS) is 1. The van der Waals surface area contributed by atoms with E-state index >= 15 is 0 Å². The maximum atomic E-state index is 12.7. The molecule has 0 aromatic carbocycles. The number of likely N-dealkylation sites (N-methyl/N-ethyl adjacent to an activating group) is 1. The van der Waals surface area contributed by atoms with Crippen LogP contribution in [0.3, 0.4) is 0 Å². The predicted octanol–water partition coefficient (Wildman–Crippen LogP) is 2.95. The zero-order chi connectivity index (χ0) is 20.5. The number of alkyl halides is 3. The molecule has 1 unspecified atom stereocenters. The quantitative estimate of drug-likeness (QED) is 0.856. The fourth-order valence-electron chi connectivity index (χ4n) is 2.47. The van der Waals surface area contributed by atoms with Gasteiger partial charge in [0.05, 0.1) is 23.0 Å². The molecule has 2 heterocycles. The Hall–Kier alpha value is -2.91. The maximum absolute atomic E-state index is 12.7. The fourth-order valence-corrected chi connectivity index (χ4v) is 2.47. The SMILES string of the molecule is CC(C)c1c(C(=O)N(C)C(C)C(=O)O)cnn1-c1ccc(C(F)(F)F)cn1. The average molecular weight is 384 g/mol. The first-order valence-corrected chi connectivity index (χ1v) is 8.06. The van der Waals surface area contributed by atoms with Crippen LogP contribution in [0.5, 0.6) is 0 Å². The Bertz CT molecular complexity index is 844. The Morgan fingerprint density at radius 1 is 1.19 bits per heavy atom. The van der Waals surface area contributed by atoms with Crippen LogP contribution in [0.1, 0.15) is 48.3 Å². The van der Waals surface area contributed by atoms with E-state index in [0.717, 1.165) is 11.0 Å². The highest BCUT2D eigenvalue weighted by atomic mass is 19.4. The fraction of sp³-hybridized carbons (Fsp3) is 0.412. The van der Waals surface area contributed by atoms with Crippen molar-refractivity contribution in [2.75, 3.05) is 7.05 Å².